The molecule has 0 fully saturated rings. The van der Waals surface area contributed by atoms with Crippen LogP contribution in [0.25, 0.3) is 0 Å². The number of nitro benzene ring substituents is 1. The number of fused-ring (bicyclic) bond motifs is 1. The van der Waals surface area contributed by atoms with Crippen molar-refractivity contribution in [2.24, 2.45) is 0 Å². The van der Waals surface area contributed by atoms with Crippen molar-refractivity contribution in [1.82, 2.24) is 0 Å². The number of anilines is 1. The van der Waals surface area contributed by atoms with Gasteiger partial charge >= 0.3 is 0 Å². The Balaban J connectivity index is 1.65. The number of nitrogens with zero attached hydrogens (tertiary/aromatic N) is 1. The van der Waals surface area contributed by atoms with Crippen LogP contribution in [-0.4, -0.2) is 18.3 Å². The van der Waals surface area contributed by atoms with E-state index in [1.807, 2.05) is 18.2 Å². The summed E-state index contributed by atoms with van der Waals surface area (Å²) in [5.74, 6) is 0.782. The Hall–Kier alpha value is -2.83. The van der Waals surface area contributed by atoms with Gasteiger partial charge in [0.1, 0.15) is 11.5 Å². The molecule has 0 atom stereocenters. The van der Waals surface area contributed by atoms with E-state index in [0.29, 0.717) is 30.2 Å². The summed E-state index contributed by atoms with van der Waals surface area (Å²) in [4.78, 5) is 10.3. The summed E-state index contributed by atoms with van der Waals surface area (Å²) in [6.07, 6.45) is 0.644. The van der Waals surface area contributed by atoms with Gasteiger partial charge in [0.25, 0.3) is 5.69 Å². The molecule has 0 radical (unpaired) electrons. The van der Waals surface area contributed by atoms with Crippen molar-refractivity contribution in [2.45, 2.75) is 6.42 Å². The minimum Gasteiger partial charge on any atom is -0.454 e. The van der Waals surface area contributed by atoms with Crippen LogP contribution in [0.3, 0.4) is 0 Å². The summed E-state index contributed by atoms with van der Waals surface area (Å²) >= 11 is 0. The number of nitrogens with one attached hydrogen (secondary N) is 1. The van der Waals surface area contributed by atoms with Crippen LogP contribution in [0, 0.1) is 15.9 Å². The minimum atomic E-state index is -0.631. The van der Waals surface area contributed by atoms with E-state index < -0.39 is 10.7 Å². The highest BCUT2D eigenvalue weighted by Crippen LogP contribution is 2.32. The zero-order chi connectivity index (χ0) is 15.5. The van der Waals surface area contributed by atoms with Crippen LogP contribution in [0.15, 0.2) is 36.4 Å². The lowest BCUT2D eigenvalue weighted by Crippen LogP contribution is -2.07. The van der Waals surface area contributed by atoms with Gasteiger partial charge in [-0.2, -0.15) is 0 Å². The van der Waals surface area contributed by atoms with Crippen LogP contribution in [0.2, 0.25) is 0 Å². The number of halogens is 1. The zero-order valence-electron chi connectivity index (χ0n) is 11.5. The number of hydrogen-bond acceptors (Lipinski definition) is 5. The monoisotopic (exact) mass is 304 g/mol. The fourth-order valence-electron chi connectivity index (χ4n) is 2.24. The maximum atomic E-state index is 13.1. The third-order valence-corrected chi connectivity index (χ3v) is 3.32. The van der Waals surface area contributed by atoms with Crippen molar-refractivity contribution in [3.8, 4) is 11.5 Å². The van der Waals surface area contributed by atoms with Gasteiger partial charge in [-0.1, -0.05) is 6.07 Å². The van der Waals surface area contributed by atoms with Crippen LogP contribution >= 0.6 is 0 Å². The van der Waals surface area contributed by atoms with Gasteiger partial charge in [0, 0.05) is 6.54 Å². The van der Waals surface area contributed by atoms with E-state index in [0.717, 1.165) is 11.6 Å². The van der Waals surface area contributed by atoms with Crippen LogP contribution in [-0.2, 0) is 6.42 Å². The lowest BCUT2D eigenvalue weighted by atomic mass is 10.1. The molecule has 0 saturated heterocycles. The third-order valence-electron chi connectivity index (χ3n) is 3.32. The van der Waals surface area contributed by atoms with E-state index in [1.54, 1.807) is 0 Å². The van der Waals surface area contributed by atoms with Gasteiger partial charge < -0.3 is 14.8 Å². The summed E-state index contributed by atoms with van der Waals surface area (Å²) in [7, 11) is 0. The summed E-state index contributed by atoms with van der Waals surface area (Å²) < 4.78 is 23.6. The molecule has 0 unspecified atom stereocenters. The molecule has 1 aliphatic heterocycles. The number of nitro groups is 1. The molecule has 114 valence electrons. The Kier molecular flexibility index (Phi) is 3.78. The first-order valence-corrected chi connectivity index (χ1v) is 6.70. The number of benzene rings is 2. The van der Waals surface area contributed by atoms with Crippen LogP contribution in [0.4, 0.5) is 15.8 Å². The van der Waals surface area contributed by atoms with E-state index in [2.05, 4.69) is 5.32 Å². The first kappa shape index (κ1) is 14.1. The predicted octanol–water partition coefficient (Wildman–Crippen LogP) is 3.12. The molecule has 3 rings (SSSR count). The highest BCUT2D eigenvalue weighted by atomic mass is 19.1. The SMILES string of the molecule is O=[N+]([O-])c1cc(F)ccc1NCCc1ccc2c(c1)OCO2. The molecule has 22 heavy (non-hydrogen) atoms. The van der Waals surface area contributed by atoms with Crippen molar-refractivity contribution in [3.63, 3.8) is 0 Å². The quantitative estimate of drug-likeness (QED) is 0.678. The second kappa shape index (κ2) is 5.88. The molecule has 2 aromatic rings. The topological polar surface area (TPSA) is 73.6 Å². The zero-order valence-corrected chi connectivity index (χ0v) is 11.5. The maximum absolute atomic E-state index is 13.1. The highest BCUT2D eigenvalue weighted by Gasteiger charge is 2.15. The van der Waals surface area contributed by atoms with Gasteiger partial charge in [0.2, 0.25) is 6.79 Å². The molecule has 1 N–H and O–H groups in total. The molecule has 7 heteroatoms. The van der Waals surface area contributed by atoms with Gasteiger partial charge in [-0.05, 0) is 36.2 Å². The molecule has 1 aliphatic rings. The summed E-state index contributed by atoms with van der Waals surface area (Å²) in [6, 6.07) is 9.08. The van der Waals surface area contributed by atoms with Gasteiger partial charge in [-0.15, -0.1) is 0 Å². The Morgan fingerprint density at radius 2 is 2.00 bits per heavy atom. The number of rotatable bonds is 5. The van der Waals surface area contributed by atoms with Crippen molar-refractivity contribution in [1.29, 1.82) is 0 Å². The molecule has 0 saturated carbocycles. The van der Waals surface area contributed by atoms with E-state index in [-0.39, 0.29) is 12.5 Å². The molecule has 0 amide bonds. The lowest BCUT2D eigenvalue weighted by molar-refractivity contribution is -0.384. The Labute approximate surface area is 125 Å². The Morgan fingerprint density at radius 3 is 2.82 bits per heavy atom. The van der Waals surface area contributed by atoms with Crippen molar-refractivity contribution in [3.05, 3.63) is 57.9 Å². The summed E-state index contributed by atoms with van der Waals surface area (Å²) in [6.45, 7) is 0.699. The maximum Gasteiger partial charge on any atom is 0.295 e. The average Bonchev–Trinajstić information content (AvgIpc) is 2.96. The third kappa shape index (κ3) is 2.93. The lowest BCUT2D eigenvalue weighted by Gasteiger charge is -2.08. The molecule has 0 spiro atoms. The van der Waals surface area contributed by atoms with Crippen LogP contribution < -0.4 is 14.8 Å². The summed E-state index contributed by atoms with van der Waals surface area (Å²) in [5, 5.41) is 13.9. The van der Waals surface area contributed by atoms with Gasteiger partial charge in [-0.25, -0.2) is 4.39 Å². The number of hydrogen-bond donors (Lipinski definition) is 1. The molecule has 2 aromatic carbocycles. The molecule has 0 bridgehead atoms. The van der Waals surface area contributed by atoms with E-state index in [4.69, 9.17) is 9.47 Å². The molecule has 1 heterocycles. The first-order valence-electron chi connectivity index (χ1n) is 6.70. The molecule has 6 nitrogen and oxygen atoms in total. The normalized spacial score (nSPS) is 12.2. The fourth-order valence-corrected chi connectivity index (χ4v) is 2.24. The molecular weight excluding hydrogens is 291 g/mol. The average molecular weight is 304 g/mol. The largest absolute Gasteiger partial charge is 0.454 e. The van der Waals surface area contributed by atoms with Crippen molar-refractivity contribution in [2.75, 3.05) is 18.7 Å². The van der Waals surface area contributed by atoms with Crippen molar-refractivity contribution >= 4 is 11.4 Å². The van der Waals surface area contributed by atoms with Gasteiger partial charge in [-0.3, -0.25) is 10.1 Å². The van der Waals surface area contributed by atoms with Gasteiger partial charge in [0.15, 0.2) is 11.5 Å². The standard InChI is InChI=1S/C15H13FN2O4/c16-11-2-3-12(13(8-11)18(19)20)17-6-5-10-1-4-14-15(7-10)22-9-21-14/h1-4,7-8,17H,5-6,9H2. The fraction of sp³-hybridized carbons (Fsp3) is 0.200. The van der Waals surface area contributed by atoms with Crippen LogP contribution in [0.5, 0.6) is 11.5 Å². The second-order valence-corrected chi connectivity index (χ2v) is 4.78. The van der Waals surface area contributed by atoms with E-state index in [1.165, 1.54) is 12.1 Å². The van der Waals surface area contributed by atoms with Crippen LogP contribution in [0.1, 0.15) is 5.56 Å². The Morgan fingerprint density at radius 1 is 1.18 bits per heavy atom. The first-order chi connectivity index (χ1) is 10.6. The highest BCUT2D eigenvalue weighted by molar-refractivity contribution is 5.61. The smallest absolute Gasteiger partial charge is 0.295 e. The van der Waals surface area contributed by atoms with Crippen molar-refractivity contribution < 1.29 is 18.8 Å². The number of ether oxygens (including phenoxy) is 2. The molecule has 0 aromatic heterocycles. The Bertz CT molecular complexity index is 721. The predicted molar refractivity (Wildman–Crippen MR) is 77.8 cm³/mol. The van der Waals surface area contributed by atoms with Gasteiger partial charge in [0.05, 0.1) is 11.0 Å². The van der Waals surface area contributed by atoms with E-state index >= 15 is 0 Å². The summed E-state index contributed by atoms with van der Waals surface area (Å²) in [5.41, 5.74) is 1.04. The molecule has 0 aliphatic carbocycles. The molecular formula is C15H13FN2O4. The minimum absolute atomic E-state index is 0.221. The van der Waals surface area contributed by atoms with E-state index in [9.17, 15) is 14.5 Å². The second-order valence-electron chi connectivity index (χ2n) is 4.78.